The predicted octanol–water partition coefficient (Wildman–Crippen LogP) is 4.36. The highest BCUT2D eigenvalue weighted by Crippen LogP contribution is 2.37. The van der Waals surface area contributed by atoms with Gasteiger partial charge in [-0.15, -0.1) is 0 Å². The number of anilines is 1. The molecule has 3 heteroatoms. The maximum atomic E-state index is 4.87. The first-order valence-electron chi connectivity index (χ1n) is 6.88. The van der Waals surface area contributed by atoms with Gasteiger partial charge in [0.05, 0.1) is 5.52 Å². The van der Waals surface area contributed by atoms with Gasteiger partial charge in [-0.1, -0.05) is 34.1 Å². The molecular formula is C16H19BrN2. The van der Waals surface area contributed by atoms with Crippen molar-refractivity contribution in [3.05, 3.63) is 35.9 Å². The van der Waals surface area contributed by atoms with E-state index in [1.807, 2.05) is 0 Å². The van der Waals surface area contributed by atoms with Gasteiger partial charge in [-0.05, 0) is 37.8 Å². The number of rotatable bonds is 4. The summed E-state index contributed by atoms with van der Waals surface area (Å²) in [7, 11) is 2.17. The summed E-state index contributed by atoms with van der Waals surface area (Å²) in [5.41, 5.74) is 2.35. The third-order valence-electron chi connectivity index (χ3n) is 4.17. The minimum absolute atomic E-state index is 0.575. The number of hydrogen-bond acceptors (Lipinski definition) is 2. The van der Waals surface area contributed by atoms with Gasteiger partial charge in [0.1, 0.15) is 5.82 Å². The SMILES string of the molecule is CC(C1CC1)N(C)c1nc2ccccc2cc1CBr. The molecule has 1 saturated carbocycles. The largest absolute Gasteiger partial charge is 0.356 e. The number of alkyl halides is 1. The van der Waals surface area contributed by atoms with Crippen molar-refractivity contribution in [3.8, 4) is 0 Å². The molecule has 1 heterocycles. The van der Waals surface area contributed by atoms with Crippen LogP contribution in [-0.4, -0.2) is 18.1 Å². The van der Waals surface area contributed by atoms with Crippen LogP contribution in [0.4, 0.5) is 5.82 Å². The molecule has 2 aromatic rings. The lowest BCUT2D eigenvalue weighted by Crippen LogP contribution is -2.32. The predicted molar refractivity (Wildman–Crippen MR) is 85.0 cm³/mol. The molecule has 0 aliphatic heterocycles. The number of fused-ring (bicyclic) bond motifs is 1. The van der Waals surface area contributed by atoms with Crippen LogP contribution in [0.2, 0.25) is 0 Å². The van der Waals surface area contributed by atoms with Crippen LogP contribution in [0.3, 0.4) is 0 Å². The maximum Gasteiger partial charge on any atom is 0.133 e. The molecule has 0 spiro atoms. The average molecular weight is 319 g/mol. The highest BCUT2D eigenvalue weighted by atomic mass is 79.9. The zero-order valence-corrected chi connectivity index (χ0v) is 13.0. The van der Waals surface area contributed by atoms with Crippen LogP contribution in [0, 0.1) is 5.92 Å². The van der Waals surface area contributed by atoms with Gasteiger partial charge in [-0.25, -0.2) is 4.98 Å². The number of hydrogen-bond donors (Lipinski definition) is 0. The first kappa shape index (κ1) is 12.9. The van der Waals surface area contributed by atoms with E-state index in [-0.39, 0.29) is 0 Å². The highest BCUT2D eigenvalue weighted by Gasteiger charge is 2.31. The Labute approximate surface area is 123 Å². The van der Waals surface area contributed by atoms with Gasteiger partial charge in [0, 0.05) is 29.4 Å². The topological polar surface area (TPSA) is 16.1 Å². The number of benzene rings is 1. The molecule has 1 aromatic carbocycles. The molecule has 100 valence electrons. The molecule has 1 fully saturated rings. The Morgan fingerprint density at radius 1 is 1.37 bits per heavy atom. The first-order chi connectivity index (χ1) is 9.20. The standard InChI is InChI=1S/C16H19BrN2/c1-11(12-7-8-12)19(2)16-14(10-17)9-13-5-3-4-6-15(13)18-16/h3-6,9,11-12H,7-8,10H2,1-2H3. The summed E-state index contributed by atoms with van der Waals surface area (Å²) in [6.07, 6.45) is 2.73. The molecule has 1 aromatic heterocycles. The summed E-state index contributed by atoms with van der Waals surface area (Å²) in [5, 5.41) is 2.07. The smallest absolute Gasteiger partial charge is 0.133 e. The lowest BCUT2D eigenvalue weighted by molar-refractivity contribution is 0.603. The third-order valence-corrected chi connectivity index (χ3v) is 4.78. The summed E-state index contributed by atoms with van der Waals surface area (Å²) in [6, 6.07) is 11.2. The molecule has 19 heavy (non-hydrogen) atoms. The van der Waals surface area contributed by atoms with E-state index in [4.69, 9.17) is 4.98 Å². The van der Waals surface area contributed by atoms with E-state index in [9.17, 15) is 0 Å². The summed E-state index contributed by atoms with van der Waals surface area (Å²) in [5.74, 6) is 1.97. The van der Waals surface area contributed by atoms with Crippen LogP contribution in [0.15, 0.2) is 30.3 Å². The Balaban J connectivity index is 2.04. The van der Waals surface area contributed by atoms with Crippen molar-refractivity contribution in [2.24, 2.45) is 5.92 Å². The zero-order chi connectivity index (χ0) is 13.4. The second-order valence-electron chi connectivity index (χ2n) is 5.49. The van der Waals surface area contributed by atoms with E-state index < -0.39 is 0 Å². The summed E-state index contributed by atoms with van der Waals surface area (Å²) >= 11 is 3.60. The normalized spacial score (nSPS) is 16.6. The van der Waals surface area contributed by atoms with E-state index in [1.165, 1.54) is 23.8 Å². The van der Waals surface area contributed by atoms with E-state index in [0.717, 1.165) is 22.6 Å². The van der Waals surface area contributed by atoms with Crippen molar-refractivity contribution in [1.29, 1.82) is 0 Å². The molecule has 1 unspecified atom stereocenters. The first-order valence-corrected chi connectivity index (χ1v) is 8.00. The number of para-hydroxylation sites is 1. The van der Waals surface area contributed by atoms with Crippen LogP contribution >= 0.6 is 15.9 Å². The third kappa shape index (κ3) is 2.48. The maximum absolute atomic E-state index is 4.87. The van der Waals surface area contributed by atoms with Gasteiger partial charge in [-0.2, -0.15) is 0 Å². The second kappa shape index (κ2) is 5.12. The van der Waals surface area contributed by atoms with Gasteiger partial charge in [-0.3, -0.25) is 0 Å². The van der Waals surface area contributed by atoms with E-state index >= 15 is 0 Å². The van der Waals surface area contributed by atoms with Crippen molar-refractivity contribution in [1.82, 2.24) is 4.98 Å². The van der Waals surface area contributed by atoms with Crippen LogP contribution in [0.5, 0.6) is 0 Å². The Morgan fingerprint density at radius 2 is 2.11 bits per heavy atom. The van der Waals surface area contributed by atoms with Crippen LogP contribution < -0.4 is 4.90 Å². The van der Waals surface area contributed by atoms with Crippen LogP contribution in [0.1, 0.15) is 25.3 Å². The zero-order valence-electron chi connectivity index (χ0n) is 11.4. The van der Waals surface area contributed by atoms with Gasteiger partial charge in [0.2, 0.25) is 0 Å². The molecule has 0 N–H and O–H groups in total. The van der Waals surface area contributed by atoms with Gasteiger partial charge < -0.3 is 4.90 Å². The molecule has 0 bridgehead atoms. The number of aromatic nitrogens is 1. The van der Waals surface area contributed by atoms with E-state index in [2.05, 4.69) is 65.1 Å². The van der Waals surface area contributed by atoms with Gasteiger partial charge in [0.25, 0.3) is 0 Å². The van der Waals surface area contributed by atoms with E-state index in [1.54, 1.807) is 0 Å². The molecule has 0 amide bonds. The Kier molecular flexibility index (Phi) is 3.48. The lowest BCUT2D eigenvalue weighted by Gasteiger charge is -2.28. The minimum Gasteiger partial charge on any atom is -0.356 e. The summed E-state index contributed by atoms with van der Waals surface area (Å²) in [4.78, 5) is 7.22. The molecule has 2 nitrogen and oxygen atoms in total. The second-order valence-corrected chi connectivity index (χ2v) is 6.05. The van der Waals surface area contributed by atoms with Crippen molar-refractivity contribution in [2.75, 3.05) is 11.9 Å². The van der Waals surface area contributed by atoms with Crippen molar-refractivity contribution in [2.45, 2.75) is 31.1 Å². The lowest BCUT2D eigenvalue weighted by atomic mass is 10.1. The Hall–Kier alpha value is -1.09. The molecule has 0 radical (unpaired) electrons. The number of nitrogens with zero attached hydrogens (tertiary/aromatic N) is 2. The Bertz CT molecular complexity index is 592. The van der Waals surface area contributed by atoms with Crippen molar-refractivity contribution in [3.63, 3.8) is 0 Å². The fraction of sp³-hybridized carbons (Fsp3) is 0.438. The van der Waals surface area contributed by atoms with E-state index in [0.29, 0.717) is 6.04 Å². The average Bonchev–Trinajstić information content (AvgIpc) is 3.28. The van der Waals surface area contributed by atoms with Crippen LogP contribution in [0.25, 0.3) is 10.9 Å². The fourth-order valence-electron chi connectivity index (χ4n) is 2.64. The van der Waals surface area contributed by atoms with Crippen LogP contribution in [-0.2, 0) is 5.33 Å². The molecule has 3 rings (SSSR count). The molecule has 1 atom stereocenters. The number of halogens is 1. The molecule has 1 aliphatic carbocycles. The quantitative estimate of drug-likeness (QED) is 0.778. The number of pyridine rings is 1. The Morgan fingerprint density at radius 3 is 2.79 bits per heavy atom. The van der Waals surface area contributed by atoms with Gasteiger partial charge >= 0.3 is 0 Å². The molecule has 0 saturated heterocycles. The highest BCUT2D eigenvalue weighted by molar-refractivity contribution is 9.08. The molecule has 1 aliphatic rings. The fourth-order valence-corrected chi connectivity index (χ4v) is 3.05. The molecular weight excluding hydrogens is 300 g/mol. The van der Waals surface area contributed by atoms with Gasteiger partial charge in [0.15, 0.2) is 0 Å². The summed E-state index contributed by atoms with van der Waals surface area (Å²) < 4.78 is 0. The van der Waals surface area contributed by atoms with Crippen molar-refractivity contribution < 1.29 is 0 Å². The van der Waals surface area contributed by atoms with Crippen molar-refractivity contribution >= 4 is 32.7 Å². The monoisotopic (exact) mass is 318 g/mol. The minimum atomic E-state index is 0.575. The summed E-state index contributed by atoms with van der Waals surface area (Å²) in [6.45, 7) is 2.31.